The van der Waals surface area contributed by atoms with Gasteiger partial charge in [0.2, 0.25) is 5.89 Å². The van der Waals surface area contributed by atoms with E-state index in [1.807, 2.05) is 6.92 Å². The zero-order valence-corrected chi connectivity index (χ0v) is 7.21. The van der Waals surface area contributed by atoms with E-state index < -0.39 is 0 Å². The molecule has 0 bridgehead atoms. The molecule has 0 aromatic carbocycles. The lowest BCUT2D eigenvalue weighted by molar-refractivity contribution is 0.355. The normalized spacial score (nSPS) is 23.2. The Morgan fingerprint density at radius 1 is 1.67 bits per heavy atom. The molecule has 0 saturated carbocycles. The van der Waals surface area contributed by atoms with Crippen molar-refractivity contribution in [2.75, 3.05) is 13.1 Å². The van der Waals surface area contributed by atoms with Crippen molar-refractivity contribution in [2.45, 2.75) is 25.7 Å². The fourth-order valence-corrected chi connectivity index (χ4v) is 1.44. The molecule has 1 aromatic heterocycles. The number of rotatable bonds is 2. The molecule has 2 heterocycles. The largest absolute Gasteiger partial charge is 0.339 e. The van der Waals surface area contributed by atoms with Crippen molar-refractivity contribution < 1.29 is 4.52 Å². The van der Waals surface area contributed by atoms with Gasteiger partial charge in [0.25, 0.3) is 0 Å². The summed E-state index contributed by atoms with van der Waals surface area (Å²) in [4.78, 5) is 4.29. The molecule has 1 saturated heterocycles. The molecule has 4 heteroatoms. The van der Waals surface area contributed by atoms with Gasteiger partial charge < -0.3 is 9.84 Å². The summed E-state index contributed by atoms with van der Waals surface area (Å²) in [7, 11) is 0. The van der Waals surface area contributed by atoms with Crippen LogP contribution in [0, 0.1) is 0 Å². The molecule has 4 nitrogen and oxygen atoms in total. The first-order valence-corrected chi connectivity index (χ1v) is 4.43. The maximum atomic E-state index is 5.14. The summed E-state index contributed by atoms with van der Waals surface area (Å²) >= 11 is 0. The second kappa shape index (κ2) is 3.23. The van der Waals surface area contributed by atoms with Crippen LogP contribution in [0.3, 0.4) is 0 Å². The number of aromatic nitrogens is 2. The average Bonchev–Trinajstić information content (AvgIpc) is 2.75. The highest BCUT2D eigenvalue weighted by molar-refractivity contribution is 4.97. The minimum Gasteiger partial charge on any atom is -0.339 e. The standard InChI is InChI=1S/C8H13N3O/c1-2-7-10-8(12-11-7)6-3-4-9-5-6/h6,9H,2-5H2,1H3. The van der Waals surface area contributed by atoms with Gasteiger partial charge in [-0.3, -0.25) is 0 Å². The lowest BCUT2D eigenvalue weighted by atomic mass is 10.1. The first-order chi connectivity index (χ1) is 5.90. The lowest BCUT2D eigenvalue weighted by Crippen LogP contribution is -2.08. The third-order valence-corrected chi connectivity index (χ3v) is 2.21. The molecule has 1 aliphatic heterocycles. The molecular weight excluding hydrogens is 154 g/mol. The second-order valence-corrected chi connectivity index (χ2v) is 3.09. The van der Waals surface area contributed by atoms with Gasteiger partial charge >= 0.3 is 0 Å². The molecular formula is C8H13N3O. The predicted octanol–water partition coefficient (Wildman–Crippen LogP) is 0.709. The fraction of sp³-hybridized carbons (Fsp3) is 0.750. The Kier molecular flexibility index (Phi) is 2.08. The maximum Gasteiger partial charge on any atom is 0.231 e. The Labute approximate surface area is 71.4 Å². The van der Waals surface area contributed by atoms with Gasteiger partial charge in [0.1, 0.15) is 0 Å². The Bertz CT molecular complexity index is 253. The fourth-order valence-electron chi connectivity index (χ4n) is 1.44. The van der Waals surface area contributed by atoms with Crippen LogP contribution >= 0.6 is 0 Å². The Morgan fingerprint density at radius 3 is 3.17 bits per heavy atom. The van der Waals surface area contributed by atoms with E-state index >= 15 is 0 Å². The van der Waals surface area contributed by atoms with Crippen LogP contribution in [0.2, 0.25) is 0 Å². The number of hydrogen-bond acceptors (Lipinski definition) is 4. The van der Waals surface area contributed by atoms with E-state index in [0.29, 0.717) is 5.92 Å². The van der Waals surface area contributed by atoms with Crippen molar-refractivity contribution in [3.63, 3.8) is 0 Å². The van der Waals surface area contributed by atoms with Gasteiger partial charge in [-0.25, -0.2) is 0 Å². The van der Waals surface area contributed by atoms with Gasteiger partial charge in [0.05, 0.1) is 5.92 Å². The van der Waals surface area contributed by atoms with Crippen LogP contribution in [0.25, 0.3) is 0 Å². The van der Waals surface area contributed by atoms with Crippen LogP contribution in [0.5, 0.6) is 0 Å². The summed E-state index contributed by atoms with van der Waals surface area (Å²) in [6.45, 7) is 4.07. The van der Waals surface area contributed by atoms with Crippen LogP contribution in [0.1, 0.15) is 31.0 Å². The van der Waals surface area contributed by atoms with Crippen molar-refractivity contribution in [1.29, 1.82) is 0 Å². The van der Waals surface area contributed by atoms with Crippen LogP contribution in [-0.4, -0.2) is 23.2 Å². The van der Waals surface area contributed by atoms with Crippen LogP contribution < -0.4 is 5.32 Å². The molecule has 0 amide bonds. The minimum atomic E-state index is 0.442. The van der Waals surface area contributed by atoms with E-state index in [1.165, 1.54) is 0 Å². The number of hydrogen-bond donors (Lipinski definition) is 1. The number of aryl methyl sites for hydroxylation is 1. The van der Waals surface area contributed by atoms with Gasteiger partial charge in [-0.2, -0.15) is 4.98 Å². The van der Waals surface area contributed by atoms with Gasteiger partial charge in [-0.05, 0) is 13.0 Å². The molecule has 1 atom stereocenters. The number of nitrogens with zero attached hydrogens (tertiary/aromatic N) is 2. The molecule has 12 heavy (non-hydrogen) atoms. The van der Waals surface area contributed by atoms with E-state index in [-0.39, 0.29) is 0 Å². The Morgan fingerprint density at radius 2 is 2.58 bits per heavy atom. The summed E-state index contributed by atoms with van der Waals surface area (Å²) in [6, 6.07) is 0. The van der Waals surface area contributed by atoms with Crippen molar-refractivity contribution in [3.05, 3.63) is 11.7 Å². The quantitative estimate of drug-likeness (QED) is 0.704. The maximum absolute atomic E-state index is 5.14. The van der Waals surface area contributed by atoms with Crippen LogP contribution in [0.4, 0.5) is 0 Å². The predicted molar refractivity (Wildman–Crippen MR) is 43.9 cm³/mol. The molecule has 1 unspecified atom stereocenters. The lowest BCUT2D eigenvalue weighted by Gasteiger charge is -1.98. The average molecular weight is 167 g/mol. The summed E-state index contributed by atoms with van der Waals surface area (Å²) in [5.41, 5.74) is 0. The molecule has 66 valence electrons. The SMILES string of the molecule is CCc1noc(C2CCNC2)n1. The van der Waals surface area contributed by atoms with Gasteiger partial charge in [0.15, 0.2) is 5.82 Å². The molecule has 0 spiro atoms. The summed E-state index contributed by atoms with van der Waals surface area (Å²) in [6.07, 6.45) is 1.97. The molecule has 0 aliphatic carbocycles. The first kappa shape index (κ1) is 7.73. The number of nitrogens with one attached hydrogen (secondary N) is 1. The third kappa shape index (κ3) is 1.34. The topological polar surface area (TPSA) is 51.0 Å². The zero-order chi connectivity index (χ0) is 8.39. The van der Waals surface area contributed by atoms with E-state index in [4.69, 9.17) is 4.52 Å². The molecule has 1 fully saturated rings. The monoisotopic (exact) mass is 167 g/mol. The first-order valence-electron chi connectivity index (χ1n) is 4.43. The van der Waals surface area contributed by atoms with Crippen molar-refractivity contribution in [2.24, 2.45) is 0 Å². The van der Waals surface area contributed by atoms with Crippen molar-refractivity contribution >= 4 is 0 Å². The van der Waals surface area contributed by atoms with E-state index in [9.17, 15) is 0 Å². The summed E-state index contributed by atoms with van der Waals surface area (Å²) in [5.74, 6) is 2.06. The van der Waals surface area contributed by atoms with Gasteiger partial charge in [0, 0.05) is 13.0 Å². The van der Waals surface area contributed by atoms with Gasteiger partial charge in [-0.1, -0.05) is 12.1 Å². The summed E-state index contributed by atoms with van der Waals surface area (Å²) in [5, 5.41) is 7.14. The van der Waals surface area contributed by atoms with Gasteiger partial charge in [-0.15, -0.1) is 0 Å². The Balaban J connectivity index is 2.11. The highest BCUT2D eigenvalue weighted by Gasteiger charge is 2.22. The highest BCUT2D eigenvalue weighted by atomic mass is 16.5. The second-order valence-electron chi connectivity index (χ2n) is 3.09. The molecule has 1 aliphatic rings. The van der Waals surface area contributed by atoms with E-state index in [2.05, 4.69) is 15.5 Å². The molecule has 1 N–H and O–H groups in total. The molecule has 1 aromatic rings. The van der Waals surface area contributed by atoms with Crippen LogP contribution in [0.15, 0.2) is 4.52 Å². The van der Waals surface area contributed by atoms with Crippen molar-refractivity contribution in [1.82, 2.24) is 15.5 Å². The van der Waals surface area contributed by atoms with Crippen LogP contribution in [-0.2, 0) is 6.42 Å². The minimum absolute atomic E-state index is 0.442. The molecule has 0 radical (unpaired) electrons. The molecule has 2 rings (SSSR count). The zero-order valence-electron chi connectivity index (χ0n) is 7.21. The Hall–Kier alpha value is -0.900. The van der Waals surface area contributed by atoms with E-state index in [0.717, 1.165) is 37.6 Å². The smallest absolute Gasteiger partial charge is 0.231 e. The van der Waals surface area contributed by atoms with E-state index in [1.54, 1.807) is 0 Å². The highest BCUT2D eigenvalue weighted by Crippen LogP contribution is 2.19. The third-order valence-electron chi connectivity index (χ3n) is 2.21. The summed E-state index contributed by atoms with van der Waals surface area (Å²) < 4.78 is 5.14. The van der Waals surface area contributed by atoms with Crippen molar-refractivity contribution in [3.8, 4) is 0 Å².